The number of benzene rings is 2. The number of rotatable bonds is 5. The largest absolute Gasteiger partial charge is 0.495 e. The Labute approximate surface area is 143 Å². The molecule has 1 aromatic heterocycles. The van der Waals surface area contributed by atoms with E-state index in [2.05, 4.69) is 20.6 Å². The summed E-state index contributed by atoms with van der Waals surface area (Å²) in [6.45, 7) is 1.76. The zero-order valence-corrected chi connectivity index (χ0v) is 13.7. The van der Waals surface area contributed by atoms with Crippen LogP contribution in [-0.4, -0.2) is 17.1 Å². The molecule has 2 N–H and O–H groups in total. The van der Waals surface area contributed by atoms with Crippen molar-refractivity contribution >= 4 is 23.1 Å². The van der Waals surface area contributed by atoms with Crippen LogP contribution < -0.4 is 15.4 Å². The lowest BCUT2D eigenvalue weighted by molar-refractivity contribution is 0.417. The highest BCUT2D eigenvalue weighted by Crippen LogP contribution is 2.27. The van der Waals surface area contributed by atoms with Gasteiger partial charge in [-0.05, 0) is 31.2 Å². The molecule has 7 heteroatoms. The predicted molar refractivity (Wildman–Crippen MR) is 92.7 cm³/mol. The van der Waals surface area contributed by atoms with Crippen molar-refractivity contribution in [3.8, 4) is 5.75 Å². The van der Waals surface area contributed by atoms with Crippen molar-refractivity contribution < 1.29 is 13.5 Å². The molecular weight excluding hydrogens is 326 g/mol. The monoisotopic (exact) mass is 342 g/mol. The van der Waals surface area contributed by atoms with E-state index in [4.69, 9.17) is 4.74 Å². The Morgan fingerprint density at radius 3 is 2.36 bits per heavy atom. The summed E-state index contributed by atoms with van der Waals surface area (Å²) in [7, 11) is 1.56. The normalized spacial score (nSPS) is 10.4. The molecular formula is C18H16F2N4O. The third kappa shape index (κ3) is 3.82. The van der Waals surface area contributed by atoms with Crippen LogP contribution in [0.5, 0.6) is 5.75 Å². The maximum atomic E-state index is 13.8. The van der Waals surface area contributed by atoms with Gasteiger partial charge in [-0.25, -0.2) is 13.8 Å². The summed E-state index contributed by atoms with van der Waals surface area (Å²) in [5.41, 5.74) is 1.05. The van der Waals surface area contributed by atoms with Gasteiger partial charge in [0.25, 0.3) is 0 Å². The van der Waals surface area contributed by atoms with Crippen molar-refractivity contribution in [1.29, 1.82) is 0 Å². The quantitative estimate of drug-likeness (QED) is 0.712. The first kappa shape index (κ1) is 16.6. The average molecular weight is 342 g/mol. The smallest absolute Gasteiger partial charge is 0.229 e. The van der Waals surface area contributed by atoms with E-state index in [9.17, 15) is 8.78 Å². The first-order valence-corrected chi connectivity index (χ1v) is 7.53. The number of methoxy groups -OCH3 is 1. The van der Waals surface area contributed by atoms with Gasteiger partial charge in [0, 0.05) is 11.8 Å². The Hall–Kier alpha value is -3.22. The van der Waals surface area contributed by atoms with E-state index in [1.54, 1.807) is 26.2 Å². The molecule has 0 amide bonds. The molecule has 25 heavy (non-hydrogen) atoms. The number of nitrogens with zero attached hydrogens (tertiary/aromatic N) is 2. The Morgan fingerprint density at radius 1 is 0.920 bits per heavy atom. The summed E-state index contributed by atoms with van der Waals surface area (Å²) >= 11 is 0. The second-order valence-corrected chi connectivity index (χ2v) is 5.27. The van der Waals surface area contributed by atoms with Crippen LogP contribution in [0.1, 0.15) is 5.69 Å². The van der Waals surface area contributed by atoms with Crippen molar-refractivity contribution in [2.45, 2.75) is 6.92 Å². The predicted octanol–water partition coefficient (Wildman–Crippen LogP) is 4.56. The van der Waals surface area contributed by atoms with Gasteiger partial charge in [0.15, 0.2) is 0 Å². The second-order valence-electron chi connectivity index (χ2n) is 5.27. The average Bonchev–Trinajstić information content (AvgIpc) is 2.58. The van der Waals surface area contributed by atoms with E-state index in [1.165, 1.54) is 18.2 Å². The van der Waals surface area contributed by atoms with E-state index >= 15 is 0 Å². The molecule has 3 aromatic rings. The lowest BCUT2D eigenvalue weighted by Crippen LogP contribution is -2.05. The number of ether oxygens (including phenoxy) is 1. The SMILES string of the molecule is COc1ccccc1Nc1nc(C)cc(Nc2c(F)cccc2F)n1. The van der Waals surface area contributed by atoms with Crippen LogP contribution in [0.4, 0.5) is 31.9 Å². The highest BCUT2D eigenvalue weighted by molar-refractivity contribution is 5.64. The highest BCUT2D eigenvalue weighted by Gasteiger charge is 2.11. The zero-order valence-electron chi connectivity index (χ0n) is 13.7. The van der Waals surface area contributed by atoms with Crippen LogP contribution in [0.15, 0.2) is 48.5 Å². The minimum absolute atomic E-state index is 0.260. The first-order valence-electron chi connectivity index (χ1n) is 7.53. The Kier molecular flexibility index (Phi) is 4.74. The van der Waals surface area contributed by atoms with E-state index in [0.29, 0.717) is 17.1 Å². The summed E-state index contributed by atoms with van der Waals surface area (Å²) in [6, 6.07) is 12.5. The van der Waals surface area contributed by atoms with Gasteiger partial charge in [0.1, 0.15) is 28.9 Å². The van der Waals surface area contributed by atoms with Gasteiger partial charge in [-0.2, -0.15) is 4.98 Å². The number of nitrogens with one attached hydrogen (secondary N) is 2. The lowest BCUT2D eigenvalue weighted by Gasteiger charge is -2.12. The summed E-state index contributed by atoms with van der Waals surface area (Å²) < 4.78 is 32.9. The number of hydrogen-bond donors (Lipinski definition) is 2. The number of hydrogen-bond acceptors (Lipinski definition) is 5. The van der Waals surface area contributed by atoms with Crippen molar-refractivity contribution in [1.82, 2.24) is 9.97 Å². The van der Waals surface area contributed by atoms with Crippen LogP contribution in [0.25, 0.3) is 0 Å². The zero-order chi connectivity index (χ0) is 17.8. The molecule has 128 valence electrons. The Morgan fingerprint density at radius 2 is 1.64 bits per heavy atom. The highest BCUT2D eigenvalue weighted by atomic mass is 19.1. The molecule has 1 heterocycles. The fourth-order valence-electron chi connectivity index (χ4n) is 2.30. The molecule has 0 unspecified atom stereocenters. The minimum atomic E-state index is -0.699. The molecule has 0 fully saturated rings. The molecule has 0 aliphatic carbocycles. The molecule has 2 aromatic carbocycles. The standard InChI is InChI=1S/C18H16F2N4O/c1-11-10-16(23-17-12(19)6-5-7-13(17)20)24-18(21-11)22-14-8-3-4-9-15(14)25-2/h3-10H,1-2H3,(H2,21,22,23,24). The van der Waals surface area contributed by atoms with E-state index in [0.717, 1.165) is 0 Å². The van der Waals surface area contributed by atoms with Crippen molar-refractivity contribution in [3.63, 3.8) is 0 Å². The van der Waals surface area contributed by atoms with Gasteiger partial charge in [-0.15, -0.1) is 0 Å². The van der Waals surface area contributed by atoms with Crippen LogP contribution in [-0.2, 0) is 0 Å². The number of aromatic nitrogens is 2. The number of halogens is 2. The number of anilines is 4. The molecule has 0 saturated heterocycles. The Balaban J connectivity index is 1.91. The second kappa shape index (κ2) is 7.12. The van der Waals surface area contributed by atoms with Gasteiger partial charge < -0.3 is 15.4 Å². The van der Waals surface area contributed by atoms with Crippen LogP contribution >= 0.6 is 0 Å². The topological polar surface area (TPSA) is 59.1 Å². The fraction of sp³-hybridized carbons (Fsp3) is 0.111. The molecule has 0 saturated carbocycles. The van der Waals surface area contributed by atoms with Crippen LogP contribution in [0.3, 0.4) is 0 Å². The maximum Gasteiger partial charge on any atom is 0.229 e. The van der Waals surface area contributed by atoms with Gasteiger partial charge >= 0.3 is 0 Å². The maximum absolute atomic E-state index is 13.8. The first-order chi connectivity index (χ1) is 12.1. The summed E-state index contributed by atoms with van der Waals surface area (Å²) in [6.07, 6.45) is 0. The van der Waals surface area contributed by atoms with E-state index in [-0.39, 0.29) is 17.5 Å². The Bertz CT molecular complexity index is 882. The third-order valence-electron chi connectivity index (χ3n) is 3.42. The summed E-state index contributed by atoms with van der Waals surface area (Å²) in [5.74, 6) is -0.217. The van der Waals surface area contributed by atoms with E-state index < -0.39 is 11.6 Å². The molecule has 0 atom stereocenters. The summed E-state index contributed by atoms with van der Waals surface area (Å²) in [4.78, 5) is 8.55. The fourth-order valence-corrected chi connectivity index (χ4v) is 2.30. The summed E-state index contributed by atoms with van der Waals surface area (Å²) in [5, 5.41) is 5.71. The van der Waals surface area contributed by atoms with Crippen LogP contribution in [0.2, 0.25) is 0 Å². The molecule has 0 bridgehead atoms. The minimum Gasteiger partial charge on any atom is -0.495 e. The van der Waals surface area contributed by atoms with Gasteiger partial charge in [-0.3, -0.25) is 0 Å². The third-order valence-corrected chi connectivity index (χ3v) is 3.42. The lowest BCUT2D eigenvalue weighted by atomic mass is 10.3. The van der Waals surface area contributed by atoms with Crippen molar-refractivity contribution in [2.24, 2.45) is 0 Å². The van der Waals surface area contributed by atoms with Crippen LogP contribution in [0, 0.1) is 18.6 Å². The van der Waals surface area contributed by atoms with Gasteiger partial charge in [0.2, 0.25) is 5.95 Å². The van der Waals surface area contributed by atoms with E-state index in [1.807, 2.05) is 18.2 Å². The van der Waals surface area contributed by atoms with Gasteiger partial charge in [0.05, 0.1) is 12.8 Å². The van der Waals surface area contributed by atoms with Crippen molar-refractivity contribution in [3.05, 3.63) is 65.9 Å². The molecule has 5 nitrogen and oxygen atoms in total. The molecule has 0 radical (unpaired) electrons. The number of aryl methyl sites for hydroxylation is 1. The molecule has 3 rings (SSSR count). The molecule has 0 aliphatic rings. The number of para-hydroxylation sites is 3. The van der Waals surface area contributed by atoms with Crippen molar-refractivity contribution in [2.75, 3.05) is 17.7 Å². The van der Waals surface area contributed by atoms with Gasteiger partial charge in [-0.1, -0.05) is 18.2 Å². The molecule has 0 aliphatic heterocycles. The molecule has 0 spiro atoms.